The predicted molar refractivity (Wildman–Crippen MR) is 135 cm³/mol. The van der Waals surface area contributed by atoms with E-state index >= 15 is 0 Å². The molecule has 0 saturated carbocycles. The van der Waals surface area contributed by atoms with Gasteiger partial charge in [-0.1, -0.05) is 84.4 Å². The minimum Gasteiger partial charge on any atom is -0.445 e. The highest BCUT2D eigenvalue weighted by Gasteiger charge is 2.26. The normalized spacial score (nSPS) is 11.5. The zero-order valence-corrected chi connectivity index (χ0v) is 19.5. The molecule has 5 heteroatoms. The first-order chi connectivity index (χ1) is 16.5. The lowest BCUT2D eigenvalue weighted by Gasteiger charge is -2.18. The van der Waals surface area contributed by atoms with Crippen molar-refractivity contribution < 1.29 is 14.3 Å². The minimum absolute atomic E-state index is 0.296. The van der Waals surface area contributed by atoms with Crippen LogP contribution >= 0.6 is 11.6 Å². The van der Waals surface area contributed by atoms with Crippen LogP contribution in [0.4, 0.5) is 5.69 Å². The Kier molecular flexibility index (Phi) is 7.41. The largest absolute Gasteiger partial charge is 0.445 e. The molecule has 170 valence electrons. The third kappa shape index (κ3) is 5.72. The maximum Gasteiger partial charge on any atom is 0.339 e. The number of halogens is 1. The van der Waals surface area contributed by atoms with Gasteiger partial charge in [-0.15, -0.1) is 0 Å². The molecule has 4 nitrogen and oxygen atoms in total. The third-order valence-corrected chi connectivity index (χ3v) is 5.76. The van der Waals surface area contributed by atoms with Crippen molar-refractivity contribution in [3.05, 3.63) is 136 Å². The van der Waals surface area contributed by atoms with Gasteiger partial charge in [-0.25, -0.2) is 4.79 Å². The van der Waals surface area contributed by atoms with Crippen LogP contribution in [0.2, 0.25) is 5.02 Å². The van der Waals surface area contributed by atoms with E-state index in [4.69, 9.17) is 16.3 Å². The number of carbonyl (C=O) groups is 2. The molecule has 0 aliphatic carbocycles. The summed E-state index contributed by atoms with van der Waals surface area (Å²) in [5.74, 6) is -0.863. The van der Waals surface area contributed by atoms with Gasteiger partial charge in [-0.3, -0.25) is 4.79 Å². The van der Waals surface area contributed by atoms with Crippen molar-refractivity contribution >= 4 is 29.0 Å². The number of aryl methyl sites for hydroxylation is 1. The van der Waals surface area contributed by atoms with Crippen molar-refractivity contribution in [2.24, 2.45) is 0 Å². The van der Waals surface area contributed by atoms with E-state index in [-0.39, 0.29) is 5.78 Å². The summed E-state index contributed by atoms with van der Waals surface area (Å²) in [5, 5.41) is 3.94. The lowest BCUT2D eigenvalue weighted by Crippen LogP contribution is -2.20. The number of nitrogens with one attached hydrogen (secondary N) is 1. The highest BCUT2D eigenvalue weighted by molar-refractivity contribution is 6.30. The van der Waals surface area contributed by atoms with Gasteiger partial charge in [0.1, 0.15) is 0 Å². The second kappa shape index (κ2) is 10.8. The van der Waals surface area contributed by atoms with Crippen molar-refractivity contribution in [2.45, 2.75) is 19.6 Å². The molecular weight excluding hydrogens is 446 g/mol. The fraction of sp³-hybridized carbons (Fsp3) is 0.103. The molecule has 0 fully saturated rings. The van der Waals surface area contributed by atoms with Gasteiger partial charge in [0.25, 0.3) is 0 Å². The van der Waals surface area contributed by atoms with E-state index in [1.807, 2.05) is 36.4 Å². The first-order valence-electron chi connectivity index (χ1n) is 11.0. The van der Waals surface area contributed by atoms with Gasteiger partial charge in [-0.05, 0) is 48.4 Å². The zero-order valence-electron chi connectivity index (χ0n) is 18.7. The maximum absolute atomic E-state index is 13.2. The summed E-state index contributed by atoms with van der Waals surface area (Å²) >= 11 is 6.00. The highest BCUT2D eigenvalue weighted by atomic mass is 35.5. The molecule has 0 aromatic heterocycles. The molecule has 4 rings (SSSR count). The summed E-state index contributed by atoms with van der Waals surface area (Å²) in [4.78, 5) is 26.1. The predicted octanol–water partition coefficient (Wildman–Crippen LogP) is 7.04. The molecule has 0 heterocycles. The summed E-state index contributed by atoms with van der Waals surface area (Å²) in [6, 6.07) is 30.8. The SMILES string of the molecule is Cc1ccccc1NCc1ccc(C(=O)O[C@@H](C(=O)c2ccccc2)c2ccc(Cl)cc2)cc1. The van der Waals surface area contributed by atoms with Crippen molar-refractivity contribution in [1.29, 1.82) is 0 Å². The number of Topliss-reactive ketones (excluding diaryl/α,β-unsaturated/α-hetero) is 1. The second-order valence-electron chi connectivity index (χ2n) is 7.93. The second-order valence-corrected chi connectivity index (χ2v) is 8.37. The Morgan fingerprint density at radius 1 is 0.794 bits per heavy atom. The van der Waals surface area contributed by atoms with Crippen LogP contribution in [0.3, 0.4) is 0 Å². The molecule has 1 atom stereocenters. The van der Waals surface area contributed by atoms with Gasteiger partial charge in [0.05, 0.1) is 5.56 Å². The molecule has 0 saturated heterocycles. The summed E-state index contributed by atoms with van der Waals surface area (Å²) in [7, 11) is 0. The summed E-state index contributed by atoms with van der Waals surface area (Å²) in [5.41, 5.74) is 4.66. The number of para-hydroxylation sites is 1. The van der Waals surface area contributed by atoms with E-state index in [2.05, 4.69) is 18.3 Å². The zero-order chi connectivity index (χ0) is 23.9. The molecule has 4 aromatic carbocycles. The molecule has 34 heavy (non-hydrogen) atoms. The molecule has 0 aliphatic heterocycles. The van der Waals surface area contributed by atoms with Gasteiger partial charge in [0.15, 0.2) is 6.10 Å². The average Bonchev–Trinajstić information content (AvgIpc) is 2.88. The third-order valence-electron chi connectivity index (χ3n) is 5.51. The van der Waals surface area contributed by atoms with Gasteiger partial charge >= 0.3 is 5.97 Å². The first-order valence-corrected chi connectivity index (χ1v) is 11.3. The number of hydrogen-bond donors (Lipinski definition) is 1. The number of ketones is 1. The molecule has 0 spiro atoms. The van der Waals surface area contributed by atoms with E-state index < -0.39 is 12.1 Å². The fourth-order valence-electron chi connectivity index (χ4n) is 3.57. The fourth-order valence-corrected chi connectivity index (χ4v) is 3.69. The van der Waals surface area contributed by atoms with Crippen LogP contribution in [0, 0.1) is 6.92 Å². The van der Waals surface area contributed by atoms with E-state index in [9.17, 15) is 9.59 Å². The standard InChI is InChI=1S/C29H24ClNO3/c1-20-7-5-6-10-26(20)31-19-21-11-13-24(14-12-21)29(33)34-28(23-15-17-25(30)18-16-23)27(32)22-8-3-2-4-9-22/h2-18,28,31H,19H2,1H3/t28-/m1/s1. The molecule has 1 N–H and O–H groups in total. The van der Waals surface area contributed by atoms with Gasteiger partial charge < -0.3 is 10.1 Å². The highest BCUT2D eigenvalue weighted by Crippen LogP contribution is 2.26. The van der Waals surface area contributed by atoms with Gasteiger partial charge in [-0.2, -0.15) is 0 Å². The lowest BCUT2D eigenvalue weighted by atomic mass is 9.99. The number of rotatable bonds is 8. The average molecular weight is 470 g/mol. The summed E-state index contributed by atoms with van der Waals surface area (Å²) in [6.45, 7) is 2.68. The number of carbonyl (C=O) groups excluding carboxylic acids is 2. The van der Waals surface area contributed by atoms with E-state index in [1.54, 1.807) is 60.7 Å². The van der Waals surface area contributed by atoms with Crippen molar-refractivity contribution in [1.82, 2.24) is 0 Å². The molecule has 0 amide bonds. The van der Waals surface area contributed by atoms with Crippen LogP contribution in [0.25, 0.3) is 0 Å². The number of esters is 1. The summed E-state index contributed by atoms with van der Waals surface area (Å²) in [6.07, 6.45) is -1.07. The van der Waals surface area contributed by atoms with Crippen LogP contribution in [-0.2, 0) is 11.3 Å². The number of hydrogen-bond acceptors (Lipinski definition) is 4. The van der Waals surface area contributed by atoms with Gasteiger partial charge in [0, 0.05) is 28.4 Å². The summed E-state index contributed by atoms with van der Waals surface area (Å²) < 4.78 is 5.72. The topological polar surface area (TPSA) is 55.4 Å². The van der Waals surface area contributed by atoms with Crippen LogP contribution in [0.15, 0.2) is 103 Å². The quantitative estimate of drug-likeness (QED) is 0.222. The monoisotopic (exact) mass is 469 g/mol. The van der Waals surface area contributed by atoms with Crippen LogP contribution in [0.5, 0.6) is 0 Å². The van der Waals surface area contributed by atoms with Crippen LogP contribution in [-0.4, -0.2) is 11.8 Å². The van der Waals surface area contributed by atoms with Crippen LogP contribution < -0.4 is 5.32 Å². The first kappa shape index (κ1) is 23.3. The molecule has 0 unspecified atom stereocenters. The Morgan fingerprint density at radius 3 is 2.12 bits per heavy atom. The molecule has 0 bridgehead atoms. The Bertz CT molecular complexity index is 1270. The molecule has 0 aliphatic rings. The van der Waals surface area contributed by atoms with Crippen molar-refractivity contribution in [3.8, 4) is 0 Å². The van der Waals surface area contributed by atoms with Gasteiger partial charge in [0.2, 0.25) is 5.78 Å². The van der Waals surface area contributed by atoms with E-state index in [0.29, 0.717) is 28.3 Å². The van der Waals surface area contributed by atoms with Crippen molar-refractivity contribution in [2.75, 3.05) is 5.32 Å². The Hall–Kier alpha value is -3.89. The van der Waals surface area contributed by atoms with E-state index in [0.717, 1.165) is 11.3 Å². The minimum atomic E-state index is -1.07. The Labute approximate surface area is 204 Å². The Balaban J connectivity index is 1.49. The van der Waals surface area contributed by atoms with E-state index in [1.165, 1.54) is 5.56 Å². The Morgan fingerprint density at radius 2 is 1.44 bits per heavy atom. The lowest BCUT2D eigenvalue weighted by molar-refractivity contribution is 0.0280. The number of ether oxygens (including phenoxy) is 1. The maximum atomic E-state index is 13.2. The number of anilines is 1. The molecule has 4 aromatic rings. The molecular formula is C29H24ClNO3. The smallest absolute Gasteiger partial charge is 0.339 e. The van der Waals surface area contributed by atoms with Crippen molar-refractivity contribution in [3.63, 3.8) is 0 Å². The molecule has 0 radical (unpaired) electrons. The van der Waals surface area contributed by atoms with Crippen LogP contribution in [0.1, 0.15) is 43.5 Å². The number of benzene rings is 4.